The lowest BCUT2D eigenvalue weighted by Gasteiger charge is -2.34. The predicted octanol–water partition coefficient (Wildman–Crippen LogP) is 1.62. The summed E-state index contributed by atoms with van der Waals surface area (Å²) in [6.07, 6.45) is 0. The zero-order chi connectivity index (χ0) is 17.8. The van der Waals surface area contributed by atoms with Crippen LogP contribution in [0.5, 0.6) is 0 Å². The molecule has 0 atom stereocenters. The van der Waals surface area contributed by atoms with Gasteiger partial charge in [-0.25, -0.2) is 9.18 Å². The van der Waals surface area contributed by atoms with Gasteiger partial charge in [0, 0.05) is 38.3 Å². The molecule has 2 heterocycles. The van der Waals surface area contributed by atoms with Gasteiger partial charge >= 0.3 is 5.97 Å². The number of benzene rings is 1. The van der Waals surface area contributed by atoms with Crippen LogP contribution in [0.1, 0.15) is 27.6 Å². The minimum Gasteiger partial charge on any atom is -0.465 e. The van der Waals surface area contributed by atoms with E-state index in [1.807, 2.05) is 0 Å². The molecular formula is C17H21FN4O3. The molecule has 0 spiro atoms. The highest BCUT2D eigenvalue weighted by Gasteiger charge is 2.20. The third kappa shape index (κ3) is 4.40. The largest absolute Gasteiger partial charge is 0.465 e. The fourth-order valence-electron chi connectivity index (χ4n) is 2.88. The number of piperazine rings is 1. The number of methoxy groups -OCH3 is 1. The first-order chi connectivity index (χ1) is 12.0. The van der Waals surface area contributed by atoms with Gasteiger partial charge in [0.05, 0.1) is 19.2 Å². The molecule has 1 aliphatic rings. The molecule has 0 aliphatic carbocycles. The molecule has 0 unspecified atom stereocenters. The fraction of sp³-hybridized carbons (Fsp3) is 0.471. The normalized spacial score (nSPS) is 16.1. The standard InChI is InChI=1S/C17H21FN4O3/c1-12-19-16(25-20-12)11-22-7-5-21(6-8-22)10-14-9-13(17(23)24-2)3-4-15(14)18/h3-4,9H,5-8,10-11H2,1-2H3. The number of esters is 1. The summed E-state index contributed by atoms with van der Waals surface area (Å²) in [5.74, 6) is 0.481. The molecule has 1 saturated heterocycles. The molecule has 3 rings (SSSR count). The first kappa shape index (κ1) is 17.5. The number of aryl methyl sites for hydroxylation is 1. The molecule has 1 aromatic carbocycles. The minimum atomic E-state index is -0.457. The predicted molar refractivity (Wildman–Crippen MR) is 87.3 cm³/mol. The van der Waals surface area contributed by atoms with Gasteiger partial charge in [0.1, 0.15) is 5.82 Å². The highest BCUT2D eigenvalue weighted by atomic mass is 19.1. The molecule has 1 aliphatic heterocycles. The zero-order valence-electron chi connectivity index (χ0n) is 14.4. The maximum atomic E-state index is 14.0. The van der Waals surface area contributed by atoms with Crippen molar-refractivity contribution >= 4 is 5.97 Å². The molecule has 0 bridgehead atoms. The van der Waals surface area contributed by atoms with E-state index in [0.717, 1.165) is 26.2 Å². The summed E-state index contributed by atoms with van der Waals surface area (Å²) in [7, 11) is 1.31. The van der Waals surface area contributed by atoms with Crippen molar-refractivity contribution in [2.24, 2.45) is 0 Å². The van der Waals surface area contributed by atoms with Crippen LogP contribution in [0.2, 0.25) is 0 Å². The maximum Gasteiger partial charge on any atom is 0.337 e. The number of ether oxygens (including phenoxy) is 1. The molecule has 8 heteroatoms. The van der Waals surface area contributed by atoms with Gasteiger partial charge < -0.3 is 9.26 Å². The monoisotopic (exact) mass is 348 g/mol. The Morgan fingerprint density at radius 1 is 1.24 bits per heavy atom. The Bertz CT molecular complexity index is 741. The second kappa shape index (κ2) is 7.71. The van der Waals surface area contributed by atoms with Crippen molar-refractivity contribution in [3.63, 3.8) is 0 Å². The third-order valence-corrected chi connectivity index (χ3v) is 4.25. The Labute approximate surface area is 145 Å². The van der Waals surface area contributed by atoms with Gasteiger partial charge in [-0.3, -0.25) is 9.80 Å². The average Bonchev–Trinajstić information content (AvgIpc) is 3.02. The second-order valence-electron chi connectivity index (χ2n) is 6.09. The van der Waals surface area contributed by atoms with Crippen LogP contribution in [0.25, 0.3) is 0 Å². The molecule has 0 saturated carbocycles. The Balaban J connectivity index is 1.56. The van der Waals surface area contributed by atoms with Crippen molar-refractivity contribution < 1.29 is 18.4 Å². The quantitative estimate of drug-likeness (QED) is 0.760. The molecule has 1 fully saturated rings. The topological polar surface area (TPSA) is 71.7 Å². The van der Waals surface area contributed by atoms with Gasteiger partial charge in [-0.1, -0.05) is 5.16 Å². The minimum absolute atomic E-state index is 0.309. The van der Waals surface area contributed by atoms with E-state index >= 15 is 0 Å². The van der Waals surface area contributed by atoms with E-state index in [4.69, 9.17) is 9.26 Å². The van der Waals surface area contributed by atoms with E-state index in [-0.39, 0.29) is 5.82 Å². The van der Waals surface area contributed by atoms with E-state index < -0.39 is 5.97 Å². The van der Waals surface area contributed by atoms with Crippen molar-refractivity contribution in [3.05, 3.63) is 46.9 Å². The summed E-state index contributed by atoms with van der Waals surface area (Å²) in [6.45, 7) is 6.15. The summed E-state index contributed by atoms with van der Waals surface area (Å²) in [5.41, 5.74) is 0.869. The lowest BCUT2D eigenvalue weighted by Crippen LogP contribution is -2.45. The highest BCUT2D eigenvalue weighted by Crippen LogP contribution is 2.16. The van der Waals surface area contributed by atoms with Crippen molar-refractivity contribution in [1.82, 2.24) is 19.9 Å². The SMILES string of the molecule is COC(=O)c1ccc(F)c(CN2CCN(Cc3nc(C)no3)CC2)c1. The van der Waals surface area contributed by atoms with E-state index in [0.29, 0.717) is 35.9 Å². The van der Waals surface area contributed by atoms with Crippen LogP contribution < -0.4 is 0 Å². The van der Waals surface area contributed by atoms with Gasteiger partial charge in [-0.2, -0.15) is 4.98 Å². The van der Waals surface area contributed by atoms with Gasteiger partial charge in [-0.05, 0) is 25.1 Å². The number of carbonyl (C=O) groups is 1. The summed E-state index contributed by atoms with van der Waals surface area (Å²) >= 11 is 0. The fourth-order valence-corrected chi connectivity index (χ4v) is 2.88. The number of halogens is 1. The second-order valence-corrected chi connectivity index (χ2v) is 6.09. The van der Waals surface area contributed by atoms with Crippen molar-refractivity contribution in [2.75, 3.05) is 33.3 Å². The molecule has 2 aromatic rings. The van der Waals surface area contributed by atoms with Crippen LogP contribution >= 0.6 is 0 Å². The highest BCUT2D eigenvalue weighted by molar-refractivity contribution is 5.89. The molecule has 25 heavy (non-hydrogen) atoms. The molecule has 0 radical (unpaired) electrons. The van der Waals surface area contributed by atoms with Gasteiger partial charge in [0.15, 0.2) is 5.82 Å². The number of aromatic nitrogens is 2. The van der Waals surface area contributed by atoms with E-state index in [1.165, 1.54) is 19.2 Å². The van der Waals surface area contributed by atoms with Gasteiger partial charge in [0.2, 0.25) is 5.89 Å². The molecular weight excluding hydrogens is 327 g/mol. The average molecular weight is 348 g/mol. The van der Waals surface area contributed by atoms with E-state index in [1.54, 1.807) is 13.0 Å². The number of nitrogens with zero attached hydrogens (tertiary/aromatic N) is 4. The Hall–Kier alpha value is -2.32. The van der Waals surface area contributed by atoms with Crippen LogP contribution in [0, 0.1) is 12.7 Å². The van der Waals surface area contributed by atoms with Crippen LogP contribution in [0.3, 0.4) is 0 Å². The maximum absolute atomic E-state index is 14.0. The Morgan fingerprint density at radius 3 is 2.52 bits per heavy atom. The molecule has 1 aromatic heterocycles. The summed E-state index contributed by atoms with van der Waals surface area (Å²) in [6, 6.07) is 4.32. The Morgan fingerprint density at radius 2 is 1.92 bits per heavy atom. The molecule has 134 valence electrons. The van der Waals surface area contributed by atoms with Crippen LogP contribution in [0.15, 0.2) is 22.7 Å². The lowest BCUT2D eigenvalue weighted by atomic mass is 10.1. The van der Waals surface area contributed by atoms with Crippen LogP contribution in [-0.2, 0) is 17.8 Å². The molecule has 7 nitrogen and oxygen atoms in total. The smallest absolute Gasteiger partial charge is 0.337 e. The first-order valence-corrected chi connectivity index (χ1v) is 8.16. The first-order valence-electron chi connectivity index (χ1n) is 8.16. The lowest BCUT2D eigenvalue weighted by molar-refractivity contribution is 0.0600. The van der Waals surface area contributed by atoms with Crippen molar-refractivity contribution in [2.45, 2.75) is 20.0 Å². The third-order valence-electron chi connectivity index (χ3n) is 4.25. The summed E-state index contributed by atoms with van der Waals surface area (Å²) in [4.78, 5) is 20.2. The van der Waals surface area contributed by atoms with Crippen molar-refractivity contribution in [1.29, 1.82) is 0 Å². The summed E-state index contributed by atoms with van der Waals surface area (Å²) in [5, 5.41) is 3.79. The molecule has 0 N–H and O–H groups in total. The van der Waals surface area contributed by atoms with Crippen LogP contribution in [0.4, 0.5) is 4.39 Å². The number of hydrogen-bond donors (Lipinski definition) is 0. The van der Waals surface area contributed by atoms with Gasteiger partial charge in [-0.15, -0.1) is 0 Å². The molecule has 0 amide bonds. The van der Waals surface area contributed by atoms with Crippen molar-refractivity contribution in [3.8, 4) is 0 Å². The summed E-state index contributed by atoms with van der Waals surface area (Å²) < 4.78 is 23.9. The number of hydrogen-bond acceptors (Lipinski definition) is 7. The number of carbonyl (C=O) groups excluding carboxylic acids is 1. The Kier molecular flexibility index (Phi) is 5.40. The number of rotatable bonds is 5. The van der Waals surface area contributed by atoms with Crippen LogP contribution in [-0.4, -0.2) is 59.2 Å². The van der Waals surface area contributed by atoms with E-state index in [2.05, 4.69) is 19.9 Å². The van der Waals surface area contributed by atoms with E-state index in [9.17, 15) is 9.18 Å². The zero-order valence-corrected chi connectivity index (χ0v) is 14.4. The van der Waals surface area contributed by atoms with Gasteiger partial charge in [0.25, 0.3) is 0 Å².